The Labute approximate surface area is 247 Å². The number of imide groups is 1. The van der Waals surface area contributed by atoms with Gasteiger partial charge in [0.2, 0.25) is 11.8 Å². The molecule has 3 atom stereocenters. The number of rotatable bonds is 9. The first-order valence-electron chi connectivity index (χ1n) is 13.9. The predicted molar refractivity (Wildman–Crippen MR) is 156 cm³/mol. The molecule has 4 aromatic heterocycles. The molecule has 1 saturated heterocycles. The van der Waals surface area contributed by atoms with Crippen molar-refractivity contribution in [3.63, 3.8) is 0 Å². The number of hydrogen-bond donors (Lipinski definition) is 2. The van der Waals surface area contributed by atoms with E-state index >= 15 is 0 Å². The molecule has 5 heterocycles. The van der Waals surface area contributed by atoms with Gasteiger partial charge < -0.3 is 19.8 Å². The molecule has 6 rings (SSSR count). The van der Waals surface area contributed by atoms with Crippen molar-refractivity contribution in [2.45, 2.75) is 45.8 Å². The molecule has 2 N–H and O–H groups in total. The molecule has 4 aromatic rings. The zero-order valence-electron chi connectivity index (χ0n) is 24.5. The summed E-state index contributed by atoms with van der Waals surface area (Å²) < 4.78 is 7.11. The lowest BCUT2D eigenvalue weighted by Crippen LogP contribution is -2.30. The number of ether oxygens (including phenoxy) is 1. The van der Waals surface area contributed by atoms with Crippen molar-refractivity contribution in [2.24, 2.45) is 5.92 Å². The van der Waals surface area contributed by atoms with Gasteiger partial charge in [0, 0.05) is 56.3 Å². The molecule has 14 nitrogen and oxygen atoms in total. The number of anilines is 3. The topological polar surface area (TPSA) is 160 Å². The minimum absolute atomic E-state index is 0.0178. The monoisotopic (exact) mass is 584 g/mol. The van der Waals surface area contributed by atoms with Gasteiger partial charge in [-0.15, -0.1) is 0 Å². The number of likely N-dealkylation sites (N-methyl/N-ethyl adjacent to an activating group) is 1. The Morgan fingerprint density at radius 3 is 2.63 bits per heavy atom. The van der Waals surface area contributed by atoms with Crippen LogP contribution in [0.2, 0.25) is 0 Å². The van der Waals surface area contributed by atoms with Crippen LogP contribution in [0.5, 0.6) is 0 Å². The van der Waals surface area contributed by atoms with Crippen LogP contribution in [-0.2, 0) is 20.9 Å². The molecule has 4 amide bonds. The van der Waals surface area contributed by atoms with E-state index in [1.807, 2.05) is 49.7 Å². The lowest BCUT2D eigenvalue weighted by atomic mass is 10.2. The van der Waals surface area contributed by atoms with E-state index in [0.717, 1.165) is 16.2 Å². The second-order valence-corrected chi connectivity index (χ2v) is 11.0. The van der Waals surface area contributed by atoms with Gasteiger partial charge in [0.15, 0.2) is 11.5 Å². The van der Waals surface area contributed by atoms with Gasteiger partial charge in [-0.25, -0.2) is 29.7 Å². The van der Waals surface area contributed by atoms with Gasteiger partial charge in [-0.05, 0) is 44.9 Å². The van der Waals surface area contributed by atoms with Gasteiger partial charge in [-0.3, -0.25) is 19.4 Å². The summed E-state index contributed by atoms with van der Waals surface area (Å²) in [5.41, 5.74) is 3.58. The molecule has 0 radical (unpaired) electrons. The fraction of sp³-hybridized carbons (Fsp3) is 0.379. The van der Waals surface area contributed by atoms with Crippen LogP contribution in [0.25, 0.3) is 5.65 Å². The maximum atomic E-state index is 13.1. The third kappa shape index (κ3) is 5.60. The summed E-state index contributed by atoms with van der Waals surface area (Å²) >= 11 is 0. The highest BCUT2D eigenvalue weighted by atomic mass is 16.5. The number of imidazole rings is 1. The number of aromatic nitrogens is 6. The van der Waals surface area contributed by atoms with E-state index in [1.54, 1.807) is 19.4 Å². The van der Waals surface area contributed by atoms with Crippen LogP contribution < -0.4 is 15.5 Å². The Kier molecular flexibility index (Phi) is 7.22. The molecule has 0 aromatic carbocycles. The van der Waals surface area contributed by atoms with Gasteiger partial charge in [-0.2, -0.15) is 0 Å². The second kappa shape index (κ2) is 11.0. The smallest absolute Gasteiger partial charge is 0.331 e. The van der Waals surface area contributed by atoms with E-state index in [9.17, 15) is 14.4 Å². The van der Waals surface area contributed by atoms with Crippen molar-refractivity contribution in [2.75, 3.05) is 36.2 Å². The molecule has 2 aliphatic rings. The van der Waals surface area contributed by atoms with Crippen molar-refractivity contribution in [1.82, 2.24) is 34.2 Å². The largest absolute Gasteiger partial charge is 0.377 e. The molecular formula is C29H32N10O4. The van der Waals surface area contributed by atoms with E-state index < -0.39 is 6.03 Å². The van der Waals surface area contributed by atoms with Crippen molar-refractivity contribution in [1.29, 1.82) is 0 Å². The fourth-order valence-corrected chi connectivity index (χ4v) is 5.19. The van der Waals surface area contributed by atoms with Gasteiger partial charge >= 0.3 is 6.03 Å². The summed E-state index contributed by atoms with van der Waals surface area (Å²) in [4.78, 5) is 63.1. The molecule has 1 aliphatic heterocycles. The number of nitrogens with one attached hydrogen (secondary N) is 2. The van der Waals surface area contributed by atoms with Crippen LogP contribution in [0.3, 0.4) is 0 Å². The maximum Gasteiger partial charge on any atom is 0.331 e. The number of pyridine rings is 1. The minimum Gasteiger partial charge on any atom is -0.377 e. The number of nitrogens with zero attached hydrogens (tertiary/aromatic N) is 8. The molecule has 2 fully saturated rings. The second-order valence-electron chi connectivity index (χ2n) is 11.0. The van der Waals surface area contributed by atoms with Crippen molar-refractivity contribution in [3.8, 4) is 0 Å². The zero-order valence-corrected chi connectivity index (χ0v) is 24.5. The van der Waals surface area contributed by atoms with Gasteiger partial charge in [0.05, 0.1) is 17.4 Å². The highest BCUT2D eigenvalue weighted by Crippen LogP contribution is 2.46. The average molecular weight is 585 g/mol. The Hall–Kier alpha value is -4.98. The van der Waals surface area contributed by atoms with Crippen LogP contribution in [0.15, 0.2) is 36.8 Å². The number of aryl methyl sites for hydroxylation is 2. The first kappa shape index (κ1) is 28.2. The molecule has 2 unspecified atom stereocenters. The molecule has 222 valence electrons. The first-order valence-corrected chi connectivity index (χ1v) is 13.9. The molecular weight excluding hydrogens is 552 g/mol. The molecule has 1 saturated carbocycles. The van der Waals surface area contributed by atoms with Crippen molar-refractivity contribution >= 4 is 40.8 Å². The average Bonchev–Trinajstić information content (AvgIpc) is 3.59. The number of amides is 4. The van der Waals surface area contributed by atoms with Gasteiger partial charge in [0.1, 0.15) is 30.6 Å². The number of urea groups is 1. The van der Waals surface area contributed by atoms with E-state index in [4.69, 9.17) is 9.72 Å². The standard InChI is InChI=1S/C29H32N10O4/c1-15-8-21(39-13-25(40)37(4)29(39)42)27-33-20(12-38(27)11-15)17(3)32-22-10-23(35-24(34-22)14-43-5)36-28(41)19-9-18(19)26-30-7-6-16(2)31-26/h6-8,10-12,17-19H,9,13-14H2,1-5H3,(H2,32,34,35,36,41)/t17-,18?,19?/m1/s1. The summed E-state index contributed by atoms with van der Waals surface area (Å²) in [5.74, 6) is 1.24. The SMILES string of the molecule is COCc1nc(NC(=O)C2CC2c2nccc(C)n2)cc(N[C@H](C)c2cn3cc(C)cc(N4CC(=O)N(C)C4=O)c3n2)n1. The summed E-state index contributed by atoms with van der Waals surface area (Å²) in [6, 6.07) is 4.64. The summed E-state index contributed by atoms with van der Waals surface area (Å²) in [7, 11) is 3.02. The van der Waals surface area contributed by atoms with E-state index in [1.165, 1.54) is 11.9 Å². The third-order valence-electron chi connectivity index (χ3n) is 7.54. The Balaban J connectivity index is 1.21. The highest BCUT2D eigenvalue weighted by molar-refractivity contribution is 6.13. The van der Waals surface area contributed by atoms with E-state index in [-0.39, 0.29) is 42.8 Å². The fourth-order valence-electron chi connectivity index (χ4n) is 5.19. The lowest BCUT2D eigenvalue weighted by molar-refractivity contribution is -0.124. The number of fused-ring (bicyclic) bond motifs is 1. The van der Waals surface area contributed by atoms with Crippen molar-refractivity contribution in [3.05, 3.63) is 65.4 Å². The van der Waals surface area contributed by atoms with Gasteiger partial charge in [0.25, 0.3) is 0 Å². The minimum atomic E-state index is -0.390. The maximum absolute atomic E-state index is 13.1. The number of carbonyl (C=O) groups excluding carboxylic acids is 3. The Bertz CT molecular complexity index is 1750. The predicted octanol–water partition coefficient (Wildman–Crippen LogP) is 2.99. The Morgan fingerprint density at radius 1 is 1.12 bits per heavy atom. The lowest BCUT2D eigenvalue weighted by Gasteiger charge is -2.16. The third-order valence-corrected chi connectivity index (χ3v) is 7.54. The molecule has 43 heavy (non-hydrogen) atoms. The normalized spacial score (nSPS) is 18.8. The summed E-state index contributed by atoms with van der Waals surface area (Å²) in [6.45, 7) is 5.87. The zero-order chi connectivity index (χ0) is 30.4. The van der Waals surface area contributed by atoms with Crippen LogP contribution >= 0.6 is 0 Å². The number of carbonyl (C=O) groups is 3. The molecule has 0 bridgehead atoms. The molecule has 1 aliphatic carbocycles. The highest BCUT2D eigenvalue weighted by Gasteiger charge is 2.46. The number of hydrogen-bond acceptors (Lipinski definition) is 10. The van der Waals surface area contributed by atoms with Crippen LogP contribution in [0.1, 0.15) is 53.9 Å². The van der Waals surface area contributed by atoms with E-state index in [2.05, 4.69) is 30.6 Å². The summed E-state index contributed by atoms with van der Waals surface area (Å²) in [6.07, 6.45) is 6.17. The van der Waals surface area contributed by atoms with Gasteiger partial charge in [-0.1, -0.05) is 0 Å². The van der Waals surface area contributed by atoms with E-state index in [0.29, 0.717) is 46.7 Å². The van der Waals surface area contributed by atoms with Crippen LogP contribution in [0, 0.1) is 19.8 Å². The molecule has 0 spiro atoms. The Morgan fingerprint density at radius 2 is 1.91 bits per heavy atom. The first-order chi connectivity index (χ1) is 20.6. The summed E-state index contributed by atoms with van der Waals surface area (Å²) in [5, 5.41) is 6.27. The van der Waals surface area contributed by atoms with Crippen molar-refractivity contribution < 1.29 is 19.1 Å². The van der Waals surface area contributed by atoms with Crippen LogP contribution in [0.4, 0.5) is 22.1 Å². The quantitative estimate of drug-likeness (QED) is 0.280. The number of methoxy groups -OCH3 is 1. The van der Waals surface area contributed by atoms with Crippen LogP contribution in [-0.4, -0.2) is 72.8 Å². The molecule has 14 heteroatoms.